The Hall–Kier alpha value is -1.91. The fourth-order valence-corrected chi connectivity index (χ4v) is 2.72. The molecule has 0 aliphatic carbocycles. The number of anilines is 1. The van der Waals surface area contributed by atoms with Crippen molar-refractivity contribution in [2.24, 2.45) is 5.92 Å². The van der Waals surface area contributed by atoms with Crippen LogP contribution in [0.2, 0.25) is 0 Å². The summed E-state index contributed by atoms with van der Waals surface area (Å²) >= 11 is 0. The summed E-state index contributed by atoms with van der Waals surface area (Å²) in [6.45, 7) is 3.03. The molecule has 1 aromatic heterocycles. The maximum atomic E-state index is 12.8. The summed E-state index contributed by atoms with van der Waals surface area (Å²) in [6, 6.07) is 6.29. The predicted molar refractivity (Wildman–Crippen MR) is 74.5 cm³/mol. The Morgan fingerprint density at radius 3 is 2.95 bits per heavy atom. The van der Waals surface area contributed by atoms with Crippen molar-refractivity contribution in [3.63, 3.8) is 0 Å². The molecule has 0 amide bonds. The van der Waals surface area contributed by atoms with E-state index in [1.807, 2.05) is 4.57 Å². The molecule has 5 heteroatoms. The van der Waals surface area contributed by atoms with Crippen LogP contribution in [-0.2, 0) is 13.0 Å². The molecule has 1 aliphatic rings. The SMILES string of the molecule is CC1CCc2nc(-c3cccc(C(F)F)c3)c(N)n2C1. The highest BCUT2D eigenvalue weighted by Crippen LogP contribution is 2.32. The second kappa shape index (κ2) is 4.89. The highest BCUT2D eigenvalue weighted by atomic mass is 19.3. The van der Waals surface area contributed by atoms with Crippen LogP contribution < -0.4 is 5.73 Å². The van der Waals surface area contributed by atoms with E-state index in [1.54, 1.807) is 12.1 Å². The van der Waals surface area contributed by atoms with Crippen molar-refractivity contribution in [3.8, 4) is 11.3 Å². The van der Waals surface area contributed by atoms with E-state index in [1.165, 1.54) is 12.1 Å². The zero-order valence-corrected chi connectivity index (χ0v) is 11.3. The Morgan fingerprint density at radius 1 is 1.40 bits per heavy atom. The molecule has 3 nitrogen and oxygen atoms in total. The first-order chi connectivity index (χ1) is 9.56. The van der Waals surface area contributed by atoms with Crippen LogP contribution in [0.3, 0.4) is 0 Å². The maximum absolute atomic E-state index is 12.8. The summed E-state index contributed by atoms with van der Waals surface area (Å²) in [4.78, 5) is 4.55. The summed E-state index contributed by atoms with van der Waals surface area (Å²) in [5.74, 6) is 2.11. The molecule has 2 heterocycles. The average Bonchev–Trinajstić information content (AvgIpc) is 2.76. The quantitative estimate of drug-likeness (QED) is 0.910. The number of nitrogen functional groups attached to an aromatic ring is 1. The molecule has 1 atom stereocenters. The van der Waals surface area contributed by atoms with Crippen molar-refractivity contribution >= 4 is 5.82 Å². The van der Waals surface area contributed by atoms with Crippen LogP contribution in [-0.4, -0.2) is 9.55 Å². The van der Waals surface area contributed by atoms with Gasteiger partial charge in [0.2, 0.25) is 0 Å². The fourth-order valence-electron chi connectivity index (χ4n) is 2.72. The van der Waals surface area contributed by atoms with E-state index in [9.17, 15) is 8.78 Å². The molecular weight excluding hydrogens is 260 g/mol. The molecule has 0 bridgehead atoms. The van der Waals surface area contributed by atoms with Gasteiger partial charge in [0, 0.05) is 24.1 Å². The molecule has 2 aromatic rings. The number of hydrogen-bond acceptors (Lipinski definition) is 2. The average molecular weight is 277 g/mol. The molecule has 2 N–H and O–H groups in total. The first-order valence-electron chi connectivity index (χ1n) is 6.79. The van der Waals surface area contributed by atoms with Gasteiger partial charge in [0.05, 0.1) is 0 Å². The molecule has 0 saturated heterocycles. The lowest BCUT2D eigenvalue weighted by Crippen LogP contribution is -2.19. The van der Waals surface area contributed by atoms with Crippen molar-refractivity contribution in [1.29, 1.82) is 0 Å². The van der Waals surface area contributed by atoms with E-state index in [0.717, 1.165) is 25.2 Å². The molecule has 0 fully saturated rings. The first-order valence-corrected chi connectivity index (χ1v) is 6.79. The van der Waals surface area contributed by atoms with Crippen LogP contribution in [0.15, 0.2) is 24.3 Å². The van der Waals surface area contributed by atoms with E-state index in [4.69, 9.17) is 5.73 Å². The standard InChI is InChI=1S/C15H17F2N3/c1-9-5-6-12-19-13(15(18)20(12)8-9)10-3-2-4-11(7-10)14(16)17/h2-4,7,9,14H,5-6,8,18H2,1H3. The third-order valence-corrected chi connectivity index (χ3v) is 3.85. The van der Waals surface area contributed by atoms with Crippen molar-refractivity contribution < 1.29 is 8.78 Å². The van der Waals surface area contributed by atoms with Gasteiger partial charge in [-0.3, -0.25) is 0 Å². The minimum absolute atomic E-state index is 0.00115. The molecule has 0 spiro atoms. The second-order valence-electron chi connectivity index (χ2n) is 5.44. The van der Waals surface area contributed by atoms with Crippen molar-refractivity contribution in [1.82, 2.24) is 9.55 Å². The van der Waals surface area contributed by atoms with Gasteiger partial charge in [-0.05, 0) is 18.4 Å². The molecule has 0 saturated carbocycles. The van der Waals surface area contributed by atoms with Gasteiger partial charge in [-0.15, -0.1) is 0 Å². The lowest BCUT2D eigenvalue weighted by atomic mass is 10.0. The van der Waals surface area contributed by atoms with Gasteiger partial charge in [-0.2, -0.15) is 0 Å². The van der Waals surface area contributed by atoms with Crippen LogP contribution in [0.5, 0.6) is 0 Å². The molecule has 1 aromatic carbocycles. The number of imidazole rings is 1. The minimum Gasteiger partial charge on any atom is -0.383 e. The van der Waals surface area contributed by atoms with Gasteiger partial charge in [0.1, 0.15) is 17.3 Å². The molecule has 106 valence electrons. The third-order valence-electron chi connectivity index (χ3n) is 3.85. The zero-order valence-electron chi connectivity index (χ0n) is 11.3. The summed E-state index contributed by atoms with van der Waals surface area (Å²) in [6.07, 6.45) is -0.499. The molecule has 1 aliphatic heterocycles. The molecule has 20 heavy (non-hydrogen) atoms. The number of rotatable bonds is 2. The van der Waals surface area contributed by atoms with Gasteiger partial charge in [-0.25, -0.2) is 13.8 Å². The molecule has 3 rings (SSSR count). The van der Waals surface area contributed by atoms with Crippen molar-refractivity contribution in [3.05, 3.63) is 35.7 Å². The molecule has 0 radical (unpaired) electrons. The lowest BCUT2D eigenvalue weighted by Gasteiger charge is -2.20. The van der Waals surface area contributed by atoms with Gasteiger partial charge in [-0.1, -0.05) is 25.1 Å². The van der Waals surface area contributed by atoms with Crippen molar-refractivity contribution in [2.75, 3.05) is 5.73 Å². The van der Waals surface area contributed by atoms with Crippen LogP contribution in [0.4, 0.5) is 14.6 Å². The highest BCUT2D eigenvalue weighted by Gasteiger charge is 2.22. The van der Waals surface area contributed by atoms with Crippen LogP contribution in [0.25, 0.3) is 11.3 Å². The third kappa shape index (κ3) is 2.17. The Labute approximate surface area is 116 Å². The van der Waals surface area contributed by atoms with Crippen LogP contribution >= 0.6 is 0 Å². The number of nitrogens with two attached hydrogens (primary N) is 1. The Kier molecular flexibility index (Phi) is 3.20. The highest BCUT2D eigenvalue weighted by molar-refractivity contribution is 5.71. The summed E-state index contributed by atoms with van der Waals surface area (Å²) in [5, 5.41) is 0. The van der Waals surface area contributed by atoms with Gasteiger partial charge >= 0.3 is 0 Å². The number of hydrogen-bond donors (Lipinski definition) is 1. The number of benzene rings is 1. The molecular formula is C15H17F2N3. The van der Waals surface area contributed by atoms with E-state index < -0.39 is 6.43 Å². The lowest BCUT2D eigenvalue weighted by molar-refractivity contribution is 0.151. The van der Waals surface area contributed by atoms with Crippen molar-refractivity contribution in [2.45, 2.75) is 32.7 Å². The number of nitrogens with zero attached hydrogens (tertiary/aromatic N) is 2. The molecule has 1 unspecified atom stereocenters. The Balaban J connectivity index is 2.05. The van der Waals surface area contributed by atoms with E-state index in [0.29, 0.717) is 23.0 Å². The number of alkyl halides is 2. The zero-order chi connectivity index (χ0) is 14.3. The maximum Gasteiger partial charge on any atom is 0.263 e. The minimum atomic E-state index is -2.48. The summed E-state index contributed by atoms with van der Waals surface area (Å²) < 4.78 is 27.6. The van der Waals surface area contributed by atoms with Gasteiger partial charge in [0.15, 0.2) is 0 Å². The largest absolute Gasteiger partial charge is 0.383 e. The van der Waals surface area contributed by atoms with Gasteiger partial charge < -0.3 is 10.3 Å². The predicted octanol–water partition coefficient (Wildman–Crippen LogP) is 3.65. The topological polar surface area (TPSA) is 43.8 Å². The number of halogens is 2. The smallest absolute Gasteiger partial charge is 0.263 e. The monoisotopic (exact) mass is 277 g/mol. The van der Waals surface area contributed by atoms with E-state index >= 15 is 0 Å². The van der Waals surface area contributed by atoms with E-state index in [2.05, 4.69) is 11.9 Å². The Bertz CT molecular complexity index is 634. The first kappa shape index (κ1) is 13.1. The van der Waals surface area contributed by atoms with Gasteiger partial charge in [0.25, 0.3) is 6.43 Å². The second-order valence-corrected chi connectivity index (χ2v) is 5.44. The summed E-state index contributed by atoms with van der Waals surface area (Å²) in [5.41, 5.74) is 7.44. The fraction of sp³-hybridized carbons (Fsp3) is 0.400. The van der Waals surface area contributed by atoms with E-state index in [-0.39, 0.29) is 5.56 Å². The number of fused-ring (bicyclic) bond motifs is 1. The normalized spacial score (nSPS) is 18.3. The Morgan fingerprint density at radius 2 is 2.20 bits per heavy atom. The number of aromatic nitrogens is 2. The summed E-state index contributed by atoms with van der Waals surface area (Å²) in [7, 11) is 0. The number of aryl methyl sites for hydroxylation is 1. The van der Waals surface area contributed by atoms with Crippen LogP contribution in [0.1, 0.15) is 31.2 Å². The van der Waals surface area contributed by atoms with Crippen LogP contribution in [0, 0.1) is 5.92 Å².